The van der Waals surface area contributed by atoms with Gasteiger partial charge in [0, 0.05) is 17.1 Å². The van der Waals surface area contributed by atoms with Crippen LogP contribution in [0.5, 0.6) is 11.5 Å². The molecule has 0 radical (unpaired) electrons. The quantitative estimate of drug-likeness (QED) is 0.454. The summed E-state index contributed by atoms with van der Waals surface area (Å²) in [5, 5.41) is 8.14. The lowest BCUT2D eigenvalue weighted by Gasteiger charge is -2.06. The second-order valence-corrected chi connectivity index (χ2v) is 9.28. The number of hydrogen-bond donors (Lipinski definition) is 2. The Morgan fingerprint density at radius 1 is 1.03 bits per heavy atom. The lowest BCUT2D eigenvalue weighted by molar-refractivity contribution is 0.102. The number of amides is 1. The maximum absolute atomic E-state index is 13.0. The van der Waals surface area contributed by atoms with E-state index in [1.54, 1.807) is 47.1 Å². The molecule has 2 N–H and O–H groups in total. The molecule has 0 atom stereocenters. The van der Waals surface area contributed by atoms with Gasteiger partial charge in [-0.3, -0.25) is 9.48 Å². The number of hydrogen-bond acceptors (Lipinski definition) is 6. The van der Waals surface area contributed by atoms with Crippen LogP contribution in [-0.4, -0.2) is 37.9 Å². The van der Waals surface area contributed by atoms with Crippen LogP contribution in [0.25, 0.3) is 10.9 Å². The van der Waals surface area contributed by atoms with Crippen molar-refractivity contribution in [3.63, 3.8) is 0 Å². The number of aromatic nitrogens is 2. The molecule has 10 heteroatoms. The molecule has 0 bridgehead atoms. The zero-order valence-electron chi connectivity index (χ0n) is 17.6. The Morgan fingerprint density at radius 2 is 1.79 bits per heavy atom. The first-order valence-electron chi connectivity index (χ1n) is 10.1. The number of anilines is 1. The number of ether oxygens (including phenoxy) is 2. The van der Waals surface area contributed by atoms with Crippen molar-refractivity contribution in [1.29, 1.82) is 0 Å². The molecule has 9 nitrogen and oxygen atoms in total. The molecule has 0 fully saturated rings. The van der Waals surface area contributed by atoms with Gasteiger partial charge in [-0.25, -0.2) is 13.1 Å². The van der Waals surface area contributed by atoms with Gasteiger partial charge in [0.1, 0.15) is 0 Å². The maximum atomic E-state index is 13.0. The summed E-state index contributed by atoms with van der Waals surface area (Å²) in [6, 6.07) is 19.2. The van der Waals surface area contributed by atoms with Crippen molar-refractivity contribution in [2.75, 3.05) is 19.2 Å². The van der Waals surface area contributed by atoms with Gasteiger partial charge in [-0.15, -0.1) is 0 Å². The number of para-hydroxylation sites is 1. The van der Waals surface area contributed by atoms with Crippen molar-refractivity contribution in [2.45, 2.75) is 11.4 Å². The topological polar surface area (TPSA) is 112 Å². The molecular weight excluding hydrogens is 444 g/mol. The van der Waals surface area contributed by atoms with E-state index >= 15 is 0 Å². The molecule has 2 heterocycles. The summed E-state index contributed by atoms with van der Waals surface area (Å²) in [4.78, 5) is 13.2. The van der Waals surface area contributed by atoms with E-state index in [4.69, 9.17) is 9.47 Å². The molecule has 0 unspecified atom stereocenters. The minimum atomic E-state index is -3.51. The maximum Gasteiger partial charge on any atom is 0.276 e. The molecule has 1 aromatic heterocycles. The third-order valence-corrected chi connectivity index (χ3v) is 6.77. The first-order valence-corrected chi connectivity index (χ1v) is 11.6. The molecule has 1 aliphatic rings. The van der Waals surface area contributed by atoms with Crippen LogP contribution >= 0.6 is 0 Å². The van der Waals surface area contributed by atoms with Gasteiger partial charge >= 0.3 is 0 Å². The zero-order chi connectivity index (χ0) is 23.0. The van der Waals surface area contributed by atoms with E-state index in [1.807, 2.05) is 24.3 Å². The van der Waals surface area contributed by atoms with Gasteiger partial charge in [-0.2, -0.15) is 5.10 Å². The standard InChI is InChI=1S/C23H20N4O5S/c1-24-33(29,30)17-9-6-15(7-10-17)13-27-19-5-3-2-4-18(19)22(26-27)23(28)25-16-8-11-20-21(12-16)32-14-31-20/h2-12,24H,13-14H2,1H3,(H,25,28). The van der Waals surface area contributed by atoms with Crippen LogP contribution in [-0.2, 0) is 16.6 Å². The Morgan fingerprint density at radius 3 is 2.58 bits per heavy atom. The summed E-state index contributed by atoms with van der Waals surface area (Å²) in [6.45, 7) is 0.529. The summed E-state index contributed by atoms with van der Waals surface area (Å²) in [7, 11) is -2.14. The van der Waals surface area contributed by atoms with E-state index in [9.17, 15) is 13.2 Å². The lowest BCUT2D eigenvalue weighted by Crippen LogP contribution is -2.18. The third-order valence-electron chi connectivity index (χ3n) is 5.34. The monoisotopic (exact) mass is 464 g/mol. The number of sulfonamides is 1. The Bertz CT molecular complexity index is 1460. The highest BCUT2D eigenvalue weighted by Crippen LogP contribution is 2.34. The SMILES string of the molecule is CNS(=O)(=O)c1ccc(Cn2nc(C(=O)Nc3ccc4c(c3)OCO4)c3ccccc32)cc1. The van der Waals surface area contributed by atoms with E-state index in [1.165, 1.54) is 7.05 Å². The highest BCUT2D eigenvalue weighted by molar-refractivity contribution is 7.89. The zero-order valence-corrected chi connectivity index (χ0v) is 18.4. The first-order chi connectivity index (χ1) is 15.9. The molecule has 0 saturated carbocycles. The smallest absolute Gasteiger partial charge is 0.276 e. The molecular formula is C23H20N4O5S. The van der Waals surface area contributed by atoms with Crippen LogP contribution in [0, 0.1) is 0 Å². The molecule has 5 rings (SSSR count). The van der Waals surface area contributed by atoms with Crippen molar-refractivity contribution in [3.05, 3.63) is 78.0 Å². The molecule has 4 aromatic rings. The highest BCUT2D eigenvalue weighted by atomic mass is 32.2. The predicted molar refractivity (Wildman–Crippen MR) is 122 cm³/mol. The van der Waals surface area contributed by atoms with Gasteiger partial charge in [-0.1, -0.05) is 30.3 Å². The highest BCUT2D eigenvalue weighted by Gasteiger charge is 2.19. The molecule has 1 amide bonds. The van der Waals surface area contributed by atoms with Gasteiger partial charge in [0.25, 0.3) is 5.91 Å². The van der Waals surface area contributed by atoms with Crippen LogP contribution in [0.3, 0.4) is 0 Å². The first kappa shape index (κ1) is 21.0. The normalized spacial score (nSPS) is 12.8. The minimum absolute atomic E-state index is 0.156. The largest absolute Gasteiger partial charge is 0.454 e. The average molecular weight is 465 g/mol. The molecule has 0 spiro atoms. The van der Waals surface area contributed by atoms with E-state index in [0.717, 1.165) is 11.1 Å². The Kier molecular flexibility index (Phi) is 5.23. The second kappa shape index (κ2) is 8.23. The van der Waals surface area contributed by atoms with Crippen molar-refractivity contribution >= 4 is 32.5 Å². The van der Waals surface area contributed by atoms with Crippen molar-refractivity contribution in [2.24, 2.45) is 0 Å². The van der Waals surface area contributed by atoms with Crippen LogP contribution in [0.2, 0.25) is 0 Å². The van der Waals surface area contributed by atoms with Crippen molar-refractivity contribution in [3.8, 4) is 11.5 Å². The molecule has 1 aliphatic heterocycles. The van der Waals surface area contributed by atoms with E-state index in [-0.39, 0.29) is 23.3 Å². The molecule has 0 saturated heterocycles. The Hall–Kier alpha value is -3.89. The summed E-state index contributed by atoms with van der Waals surface area (Å²) >= 11 is 0. The summed E-state index contributed by atoms with van der Waals surface area (Å²) in [5.41, 5.74) is 2.50. The number of rotatable bonds is 6. The number of benzene rings is 3. The van der Waals surface area contributed by atoms with Crippen LogP contribution in [0.4, 0.5) is 5.69 Å². The van der Waals surface area contributed by atoms with Gasteiger partial charge < -0.3 is 14.8 Å². The molecule has 0 aliphatic carbocycles. The number of carbonyl (C=O) groups excluding carboxylic acids is 1. The van der Waals surface area contributed by atoms with Gasteiger partial charge in [0.2, 0.25) is 16.8 Å². The number of carbonyl (C=O) groups is 1. The number of nitrogens with one attached hydrogen (secondary N) is 2. The van der Waals surface area contributed by atoms with Crippen molar-refractivity contribution < 1.29 is 22.7 Å². The second-order valence-electron chi connectivity index (χ2n) is 7.40. The average Bonchev–Trinajstić information content (AvgIpc) is 3.44. The number of nitrogens with zero attached hydrogens (tertiary/aromatic N) is 2. The fraction of sp³-hybridized carbons (Fsp3) is 0.130. The Labute approximate surface area is 190 Å². The predicted octanol–water partition coefficient (Wildman–Crippen LogP) is 2.97. The van der Waals surface area contributed by atoms with Crippen LogP contribution < -0.4 is 19.5 Å². The fourth-order valence-corrected chi connectivity index (χ4v) is 4.38. The summed E-state index contributed by atoms with van der Waals surface area (Å²) in [5.74, 6) is 0.863. The van der Waals surface area contributed by atoms with Gasteiger partial charge in [0.15, 0.2) is 17.2 Å². The van der Waals surface area contributed by atoms with Gasteiger partial charge in [-0.05, 0) is 42.9 Å². The Balaban J connectivity index is 1.43. The lowest BCUT2D eigenvalue weighted by atomic mass is 10.2. The number of fused-ring (bicyclic) bond motifs is 2. The van der Waals surface area contributed by atoms with Crippen LogP contribution in [0.15, 0.2) is 71.6 Å². The van der Waals surface area contributed by atoms with E-state index < -0.39 is 10.0 Å². The van der Waals surface area contributed by atoms with E-state index in [2.05, 4.69) is 15.1 Å². The van der Waals surface area contributed by atoms with Gasteiger partial charge in [0.05, 0.1) is 17.0 Å². The molecule has 168 valence electrons. The summed E-state index contributed by atoms with van der Waals surface area (Å²) < 4.78 is 38.6. The molecule has 33 heavy (non-hydrogen) atoms. The fourth-order valence-electron chi connectivity index (χ4n) is 3.65. The summed E-state index contributed by atoms with van der Waals surface area (Å²) in [6.07, 6.45) is 0. The van der Waals surface area contributed by atoms with Crippen molar-refractivity contribution in [1.82, 2.24) is 14.5 Å². The minimum Gasteiger partial charge on any atom is -0.454 e. The van der Waals surface area contributed by atoms with Crippen LogP contribution in [0.1, 0.15) is 16.1 Å². The molecule has 3 aromatic carbocycles. The van der Waals surface area contributed by atoms with E-state index in [0.29, 0.717) is 29.1 Å². The third kappa shape index (κ3) is 4.01.